The number of amides is 2. The minimum atomic E-state index is -0.753. The molecule has 0 spiro atoms. The van der Waals surface area contributed by atoms with Gasteiger partial charge in [-0.25, -0.2) is 4.39 Å². The molecule has 0 saturated heterocycles. The van der Waals surface area contributed by atoms with Gasteiger partial charge in [0.2, 0.25) is 5.91 Å². The number of carbonyl (C=O) groups is 2. The predicted molar refractivity (Wildman–Crippen MR) is 131 cm³/mol. The van der Waals surface area contributed by atoms with Crippen molar-refractivity contribution in [2.45, 2.75) is 32.4 Å². The first-order valence-electron chi connectivity index (χ1n) is 11.2. The number of hydrogen-bond donors (Lipinski definition) is 1. The van der Waals surface area contributed by atoms with Gasteiger partial charge in [-0.3, -0.25) is 9.59 Å². The molecule has 0 saturated carbocycles. The summed E-state index contributed by atoms with van der Waals surface area (Å²) in [4.78, 5) is 28.1. The Morgan fingerprint density at radius 1 is 1.00 bits per heavy atom. The number of nitrogens with zero attached hydrogens (tertiary/aromatic N) is 1. The van der Waals surface area contributed by atoms with Crippen molar-refractivity contribution >= 4 is 23.4 Å². The van der Waals surface area contributed by atoms with Crippen molar-refractivity contribution in [3.63, 3.8) is 0 Å². The van der Waals surface area contributed by atoms with Gasteiger partial charge in [-0.15, -0.1) is 0 Å². The molecule has 3 rings (SSSR count). The number of rotatable bonds is 11. The summed E-state index contributed by atoms with van der Waals surface area (Å²) >= 11 is 6.16. The Morgan fingerprint density at radius 3 is 2.38 bits per heavy atom. The molecule has 3 aromatic rings. The van der Waals surface area contributed by atoms with Gasteiger partial charge in [-0.05, 0) is 53.9 Å². The van der Waals surface area contributed by atoms with Crippen LogP contribution in [0.5, 0.6) is 5.75 Å². The van der Waals surface area contributed by atoms with E-state index in [9.17, 15) is 14.0 Å². The van der Waals surface area contributed by atoms with Gasteiger partial charge in [-0.1, -0.05) is 61.0 Å². The van der Waals surface area contributed by atoms with Crippen LogP contribution in [0.15, 0.2) is 78.9 Å². The van der Waals surface area contributed by atoms with Crippen molar-refractivity contribution in [2.75, 3.05) is 13.2 Å². The molecule has 0 fully saturated rings. The van der Waals surface area contributed by atoms with Crippen molar-refractivity contribution in [2.24, 2.45) is 0 Å². The Hall–Kier alpha value is -3.38. The van der Waals surface area contributed by atoms with Crippen molar-refractivity contribution < 1.29 is 18.7 Å². The Kier molecular flexibility index (Phi) is 9.47. The van der Waals surface area contributed by atoms with Gasteiger partial charge in [0.15, 0.2) is 6.61 Å². The molecular weight excluding hydrogens is 455 g/mol. The molecule has 5 nitrogen and oxygen atoms in total. The van der Waals surface area contributed by atoms with Gasteiger partial charge < -0.3 is 15.0 Å². The fraction of sp³-hybridized carbons (Fsp3) is 0.259. The molecule has 2 amide bonds. The van der Waals surface area contributed by atoms with Crippen molar-refractivity contribution in [1.29, 1.82) is 0 Å². The molecular formula is C27H28ClFN2O3. The number of ether oxygens (including phenoxy) is 1. The zero-order valence-corrected chi connectivity index (χ0v) is 19.8. The lowest BCUT2D eigenvalue weighted by Gasteiger charge is -2.31. The van der Waals surface area contributed by atoms with Crippen molar-refractivity contribution in [1.82, 2.24) is 10.2 Å². The Morgan fingerprint density at radius 2 is 1.71 bits per heavy atom. The zero-order valence-electron chi connectivity index (χ0n) is 19.0. The van der Waals surface area contributed by atoms with E-state index < -0.39 is 11.9 Å². The molecule has 7 heteroatoms. The summed E-state index contributed by atoms with van der Waals surface area (Å²) in [5.41, 5.74) is 1.73. The van der Waals surface area contributed by atoms with Crippen LogP contribution in [0.1, 0.15) is 24.5 Å². The monoisotopic (exact) mass is 482 g/mol. The summed E-state index contributed by atoms with van der Waals surface area (Å²) < 4.78 is 18.8. The zero-order chi connectivity index (χ0) is 24.3. The molecule has 0 aromatic heterocycles. The van der Waals surface area contributed by atoms with E-state index in [0.717, 1.165) is 17.5 Å². The summed E-state index contributed by atoms with van der Waals surface area (Å²) in [7, 11) is 0. The minimum Gasteiger partial charge on any atom is -0.484 e. The van der Waals surface area contributed by atoms with Crippen LogP contribution in [0.25, 0.3) is 0 Å². The number of carbonyl (C=O) groups excluding carboxylic acids is 2. The summed E-state index contributed by atoms with van der Waals surface area (Å²) in [5, 5.41) is 3.47. The third-order valence-electron chi connectivity index (χ3n) is 5.24. The molecule has 34 heavy (non-hydrogen) atoms. The normalized spacial score (nSPS) is 11.5. The highest BCUT2D eigenvalue weighted by Crippen LogP contribution is 2.18. The second kappa shape index (κ2) is 12.8. The number of halogens is 2. The molecule has 0 heterocycles. The van der Waals surface area contributed by atoms with E-state index in [4.69, 9.17) is 16.3 Å². The summed E-state index contributed by atoms with van der Waals surface area (Å²) in [6, 6.07) is 21.4. The first-order valence-corrected chi connectivity index (χ1v) is 11.6. The van der Waals surface area contributed by atoms with E-state index in [1.807, 2.05) is 43.3 Å². The van der Waals surface area contributed by atoms with Crippen LogP contribution in [0.2, 0.25) is 5.02 Å². The third-order valence-corrected chi connectivity index (χ3v) is 5.47. The predicted octanol–water partition coefficient (Wildman–Crippen LogP) is 5.02. The quantitative estimate of drug-likeness (QED) is 0.417. The highest BCUT2D eigenvalue weighted by molar-refractivity contribution is 6.30. The van der Waals surface area contributed by atoms with E-state index in [0.29, 0.717) is 23.7 Å². The highest BCUT2D eigenvalue weighted by atomic mass is 35.5. The van der Waals surface area contributed by atoms with Crippen LogP contribution in [0, 0.1) is 5.82 Å². The van der Waals surface area contributed by atoms with Crippen LogP contribution >= 0.6 is 11.6 Å². The Bertz CT molecular complexity index is 1080. The second-order valence-electron chi connectivity index (χ2n) is 7.89. The van der Waals surface area contributed by atoms with Gasteiger partial charge in [0.25, 0.3) is 5.91 Å². The van der Waals surface area contributed by atoms with Gasteiger partial charge in [0.1, 0.15) is 17.6 Å². The lowest BCUT2D eigenvalue weighted by atomic mass is 10.0. The maximum absolute atomic E-state index is 13.4. The lowest BCUT2D eigenvalue weighted by molar-refractivity contribution is -0.142. The van der Waals surface area contributed by atoms with Gasteiger partial charge in [0.05, 0.1) is 0 Å². The van der Waals surface area contributed by atoms with Crippen LogP contribution in [-0.4, -0.2) is 35.9 Å². The fourth-order valence-electron chi connectivity index (χ4n) is 3.51. The SMILES string of the molecule is CCCNC(=O)C(Cc1ccccc1)N(Cc1cccc(Cl)c1)C(=O)COc1ccc(F)cc1. The third kappa shape index (κ3) is 7.59. The molecule has 3 aromatic carbocycles. The van der Waals surface area contributed by atoms with Crippen LogP contribution in [0.4, 0.5) is 4.39 Å². The van der Waals surface area contributed by atoms with E-state index in [2.05, 4.69) is 5.32 Å². The van der Waals surface area contributed by atoms with E-state index in [1.165, 1.54) is 29.2 Å². The topological polar surface area (TPSA) is 58.6 Å². The summed E-state index contributed by atoms with van der Waals surface area (Å²) in [5.74, 6) is -0.621. The maximum Gasteiger partial charge on any atom is 0.261 e. The Balaban J connectivity index is 1.88. The fourth-order valence-corrected chi connectivity index (χ4v) is 3.72. The molecule has 0 bridgehead atoms. The second-order valence-corrected chi connectivity index (χ2v) is 8.33. The molecule has 0 aliphatic carbocycles. The molecule has 1 N–H and O–H groups in total. The van der Waals surface area contributed by atoms with Crippen LogP contribution in [0.3, 0.4) is 0 Å². The summed E-state index contributed by atoms with van der Waals surface area (Å²) in [6.45, 7) is 2.37. The van der Waals surface area contributed by atoms with Crippen molar-refractivity contribution in [3.8, 4) is 5.75 Å². The average Bonchev–Trinajstić information content (AvgIpc) is 2.85. The molecule has 0 aliphatic heterocycles. The molecule has 0 radical (unpaired) electrons. The molecule has 0 aliphatic rings. The standard InChI is InChI=1S/C27H28ClFN2O3/c1-2-15-30-27(33)25(17-20-7-4-3-5-8-20)31(18-21-9-6-10-22(28)16-21)26(32)19-34-24-13-11-23(29)12-14-24/h3-14,16,25H,2,15,17-19H2,1H3,(H,30,33). The van der Waals surface area contributed by atoms with Crippen molar-refractivity contribution in [3.05, 3.63) is 101 Å². The number of hydrogen-bond acceptors (Lipinski definition) is 3. The first-order chi connectivity index (χ1) is 16.5. The van der Waals surface area contributed by atoms with E-state index >= 15 is 0 Å². The van der Waals surface area contributed by atoms with Gasteiger partial charge in [-0.2, -0.15) is 0 Å². The van der Waals surface area contributed by atoms with Crippen LogP contribution < -0.4 is 10.1 Å². The molecule has 1 atom stereocenters. The average molecular weight is 483 g/mol. The molecule has 178 valence electrons. The van der Waals surface area contributed by atoms with Gasteiger partial charge in [0, 0.05) is 24.5 Å². The number of benzene rings is 3. The van der Waals surface area contributed by atoms with E-state index in [-0.39, 0.29) is 25.0 Å². The largest absolute Gasteiger partial charge is 0.484 e. The van der Waals surface area contributed by atoms with Gasteiger partial charge >= 0.3 is 0 Å². The van der Waals surface area contributed by atoms with E-state index in [1.54, 1.807) is 18.2 Å². The maximum atomic E-state index is 13.4. The molecule has 1 unspecified atom stereocenters. The Labute approximate surface area is 204 Å². The smallest absolute Gasteiger partial charge is 0.261 e. The minimum absolute atomic E-state index is 0.184. The summed E-state index contributed by atoms with van der Waals surface area (Å²) in [6.07, 6.45) is 1.12. The highest BCUT2D eigenvalue weighted by Gasteiger charge is 2.30. The van der Waals surface area contributed by atoms with Crippen LogP contribution in [-0.2, 0) is 22.6 Å². The number of nitrogens with one attached hydrogen (secondary N) is 1. The first kappa shape index (κ1) is 25.2. The lowest BCUT2D eigenvalue weighted by Crippen LogP contribution is -2.51.